The summed E-state index contributed by atoms with van der Waals surface area (Å²) in [7, 11) is 1.61. The fourth-order valence-electron chi connectivity index (χ4n) is 2.31. The Morgan fingerprint density at radius 2 is 2.17 bits per heavy atom. The molecule has 9 nitrogen and oxygen atoms in total. The van der Waals surface area contributed by atoms with Gasteiger partial charge in [-0.15, -0.1) is 10.2 Å². The zero-order valence-electron chi connectivity index (χ0n) is 13.4. The number of aromatic nitrogens is 2. The Morgan fingerprint density at radius 1 is 1.38 bits per heavy atom. The number of carbonyl (C=O) groups excluding carboxylic acids is 2. The van der Waals surface area contributed by atoms with E-state index in [0.29, 0.717) is 36.3 Å². The molecule has 1 aromatic carbocycles. The molecular formula is C15H17N5O4. The second-order valence-electron chi connectivity index (χ2n) is 5.28. The molecule has 1 aromatic heterocycles. The van der Waals surface area contributed by atoms with E-state index in [-0.39, 0.29) is 12.6 Å². The van der Waals surface area contributed by atoms with Crippen molar-refractivity contribution in [2.75, 3.05) is 30.4 Å². The first-order valence-electron chi connectivity index (χ1n) is 7.39. The van der Waals surface area contributed by atoms with Crippen molar-refractivity contribution in [3.8, 4) is 0 Å². The normalized spacial score (nSPS) is 13.8. The Morgan fingerprint density at radius 3 is 2.83 bits per heavy atom. The van der Waals surface area contributed by atoms with E-state index < -0.39 is 6.09 Å². The van der Waals surface area contributed by atoms with Crippen LogP contribution in [0.25, 0.3) is 0 Å². The van der Waals surface area contributed by atoms with Crippen molar-refractivity contribution in [3.63, 3.8) is 0 Å². The lowest BCUT2D eigenvalue weighted by molar-refractivity contribution is 0.181. The summed E-state index contributed by atoms with van der Waals surface area (Å²) in [6.07, 6.45) is -0.425. The summed E-state index contributed by atoms with van der Waals surface area (Å²) in [5.41, 5.74) is 1.12. The standard InChI is InChI=1S/C15H17N5O4/c1-10-17-18-13(24-10)9-19(2)14(21)16-11-5-3-4-6-12(11)20-7-8-23-15(20)22/h3-6H,7-9H2,1-2H3,(H,16,21). The topological polar surface area (TPSA) is 101 Å². The molecule has 1 aliphatic rings. The highest BCUT2D eigenvalue weighted by molar-refractivity contribution is 5.98. The van der Waals surface area contributed by atoms with Gasteiger partial charge in [-0.2, -0.15) is 0 Å². The van der Waals surface area contributed by atoms with Crippen molar-refractivity contribution in [2.45, 2.75) is 13.5 Å². The van der Waals surface area contributed by atoms with Gasteiger partial charge in [0.2, 0.25) is 11.8 Å². The molecule has 0 radical (unpaired) electrons. The van der Waals surface area contributed by atoms with E-state index in [9.17, 15) is 9.59 Å². The molecule has 9 heteroatoms. The quantitative estimate of drug-likeness (QED) is 0.919. The molecule has 0 unspecified atom stereocenters. The Hall–Kier alpha value is -3.10. The van der Waals surface area contributed by atoms with Crippen LogP contribution in [0.15, 0.2) is 28.7 Å². The van der Waals surface area contributed by atoms with Gasteiger partial charge < -0.3 is 19.4 Å². The van der Waals surface area contributed by atoms with E-state index in [4.69, 9.17) is 9.15 Å². The summed E-state index contributed by atoms with van der Waals surface area (Å²) >= 11 is 0. The Balaban J connectivity index is 1.71. The summed E-state index contributed by atoms with van der Waals surface area (Å²) < 4.78 is 10.2. The lowest BCUT2D eigenvalue weighted by Crippen LogP contribution is -2.32. The van der Waals surface area contributed by atoms with Crippen LogP contribution in [0.1, 0.15) is 11.8 Å². The maximum absolute atomic E-state index is 12.4. The first-order valence-corrected chi connectivity index (χ1v) is 7.39. The summed E-state index contributed by atoms with van der Waals surface area (Å²) in [5.74, 6) is 0.790. The van der Waals surface area contributed by atoms with Gasteiger partial charge in [0.05, 0.1) is 17.9 Å². The molecule has 1 aliphatic heterocycles. The number of rotatable bonds is 4. The minimum Gasteiger partial charge on any atom is -0.447 e. The van der Waals surface area contributed by atoms with E-state index in [1.165, 1.54) is 9.80 Å². The Kier molecular flexibility index (Phi) is 4.32. The maximum Gasteiger partial charge on any atom is 0.414 e. The number of amides is 3. The van der Waals surface area contributed by atoms with Crippen molar-refractivity contribution in [2.24, 2.45) is 0 Å². The van der Waals surface area contributed by atoms with Gasteiger partial charge in [0.15, 0.2) is 0 Å². The van der Waals surface area contributed by atoms with E-state index in [1.807, 2.05) is 0 Å². The molecule has 24 heavy (non-hydrogen) atoms. The lowest BCUT2D eigenvalue weighted by atomic mass is 10.2. The van der Waals surface area contributed by atoms with Crippen molar-refractivity contribution in [1.82, 2.24) is 15.1 Å². The van der Waals surface area contributed by atoms with Crippen molar-refractivity contribution in [3.05, 3.63) is 36.0 Å². The van der Waals surface area contributed by atoms with Crippen LogP contribution in [0, 0.1) is 6.92 Å². The monoisotopic (exact) mass is 331 g/mol. The fraction of sp³-hybridized carbons (Fsp3) is 0.333. The highest BCUT2D eigenvalue weighted by Gasteiger charge is 2.26. The molecule has 0 aliphatic carbocycles. The molecule has 3 rings (SSSR count). The van der Waals surface area contributed by atoms with Crippen LogP contribution in [0.2, 0.25) is 0 Å². The van der Waals surface area contributed by atoms with E-state index in [1.54, 1.807) is 38.2 Å². The van der Waals surface area contributed by atoms with Crippen LogP contribution in [0.3, 0.4) is 0 Å². The predicted molar refractivity (Wildman–Crippen MR) is 84.7 cm³/mol. The molecule has 0 spiro atoms. The van der Waals surface area contributed by atoms with Crippen LogP contribution >= 0.6 is 0 Å². The van der Waals surface area contributed by atoms with Gasteiger partial charge in [-0.1, -0.05) is 12.1 Å². The summed E-state index contributed by atoms with van der Waals surface area (Å²) in [6, 6.07) is 6.70. The van der Waals surface area contributed by atoms with Gasteiger partial charge in [0.25, 0.3) is 0 Å². The van der Waals surface area contributed by atoms with E-state index >= 15 is 0 Å². The third-order valence-corrected chi connectivity index (χ3v) is 3.48. The molecule has 126 valence electrons. The zero-order valence-corrected chi connectivity index (χ0v) is 13.4. The highest BCUT2D eigenvalue weighted by Crippen LogP contribution is 2.28. The number of nitrogens with one attached hydrogen (secondary N) is 1. The molecule has 1 saturated heterocycles. The number of aryl methyl sites for hydroxylation is 1. The minimum absolute atomic E-state index is 0.181. The van der Waals surface area contributed by atoms with Crippen LogP contribution in [0.4, 0.5) is 21.0 Å². The summed E-state index contributed by atoms with van der Waals surface area (Å²) in [4.78, 5) is 27.0. The highest BCUT2D eigenvalue weighted by atomic mass is 16.6. The minimum atomic E-state index is -0.425. The number of anilines is 2. The van der Waals surface area contributed by atoms with Gasteiger partial charge in [0.1, 0.15) is 13.2 Å². The van der Waals surface area contributed by atoms with Crippen LogP contribution in [0.5, 0.6) is 0 Å². The summed E-state index contributed by atoms with van der Waals surface area (Å²) in [5, 5.41) is 10.4. The first-order chi connectivity index (χ1) is 11.5. The third-order valence-electron chi connectivity index (χ3n) is 3.48. The lowest BCUT2D eigenvalue weighted by Gasteiger charge is -2.20. The molecule has 3 amide bonds. The third kappa shape index (κ3) is 3.29. The second-order valence-corrected chi connectivity index (χ2v) is 5.28. The molecule has 2 heterocycles. The van der Waals surface area contributed by atoms with Gasteiger partial charge in [-0.25, -0.2) is 9.59 Å². The smallest absolute Gasteiger partial charge is 0.414 e. The largest absolute Gasteiger partial charge is 0.447 e. The molecule has 0 saturated carbocycles. The molecule has 0 bridgehead atoms. The Labute approximate surface area is 138 Å². The average Bonchev–Trinajstić information content (AvgIpc) is 3.16. The van der Waals surface area contributed by atoms with Gasteiger partial charge in [-0.3, -0.25) is 4.90 Å². The zero-order chi connectivity index (χ0) is 17.1. The van der Waals surface area contributed by atoms with E-state index in [2.05, 4.69) is 15.5 Å². The Bertz CT molecular complexity index is 760. The van der Waals surface area contributed by atoms with Crippen LogP contribution in [-0.4, -0.2) is 47.4 Å². The number of carbonyl (C=O) groups is 2. The number of benzene rings is 1. The van der Waals surface area contributed by atoms with Crippen LogP contribution < -0.4 is 10.2 Å². The summed E-state index contributed by atoms with van der Waals surface area (Å²) in [6.45, 7) is 2.64. The van der Waals surface area contributed by atoms with E-state index in [0.717, 1.165) is 0 Å². The van der Waals surface area contributed by atoms with Gasteiger partial charge in [-0.05, 0) is 12.1 Å². The number of hydrogen-bond donors (Lipinski definition) is 1. The van der Waals surface area contributed by atoms with Gasteiger partial charge in [0, 0.05) is 14.0 Å². The van der Waals surface area contributed by atoms with Crippen molar-refractivity contribution in [1.29, 1.82) is 0 Å². The van der Waals surface area contributed by atoms with Crippen molar-refractivity contribution >= 4 is 23.5 Å². The number of cyclic esters (lactones) is 1. The first kappa shape index (κ1) is 15.8. The number of nitrogens with zero attached hydrogens (tertiary/aromatic N) is 4. The predicted octanol–water partition coefficient (Wildman–Crippen LogP) is 2.00. The number of ether oxygens (including phenoxy) is 1. The number of hydrogen-bond acceptors (Lipinski definition) is 6. The molecule has 2 aromatic rings. The molecule has 1 fully saturated rings. The molecular weight excluding hydrogens is 314 g/mol. The van der Waals surface area contributed by atoms with Crippen LogP contribution in [-0.2, 0) is 11.3 Å². The molecule has 1 N–H and O–H groups in total. The SMILES string of the molecule is Cc1nnc(CN(C)C(=O)Nc2ccccc2N2CCOC2=O)o1. The van der Waals surface area contributed by atoms with Gasteiger partial charge >= 0.3 is 12.1 Å². The fourth-order valence-corrected chi connectivity index (χ4v) is 2.31. The van der Waals surface area contributed by atoms with Crippen molar-refractivity contribution < 1.29 is 18.7 Å². The molecule has 0 atom stereocenters. The number of para-hydroxylation sites is 2. The maximum atomic E-state index is 12.4. The second kappa shape index (κ2) is 6.57. The number of urea groups is 1. The average molecular weight is 331 g/mol.